The van der Waals surface area contributed by atoms with E-state index in [1.165, 1.54) is 32.4 Å². The molecule has 0 aromatic carbocycles. The van der Waals surface area contributed by atoms with Gasteiger partial charge >= 0.3 is 0 Å². The van der Waals surface area contributed by atoms with Crippen LogP contribution in [0.5, 0.6) is 0 Å². The second-order valence-electron chi connectivity index (χ2n) is 4.95. The van der Waals surface area contributed by atoms with Crippen LogP contribution in [0.4, 0.5) is 0 Å². The van der Waals surface area contributed by atoms with E-state index in [0.717, 1.165) is 25.7 Å². The van der Waals surface area contributed by atoms with Gasteiger partial charge in [0, 0.05) is 19.8 Å². The lowest BCUT2D eigenvalue weighted by molar-refractivity contribution is 0.0552. The molecule has 2 N–H and O–H groups in total. The van der Waals surface area contributed by atoms with Crippen LogP contribution >= 0.6 is 0 Å². The van der Waals surface area contributed by atoms with E-state index in [4.69, 9.17) is 10.5 Å². The maximum Gasteiger partial charge on any atom is 0.0469 e. The van der Waals surface area contributed by atoms with Gasteiger partial charge in [0.2, 0.25) is 0 Å². The number of hydrogen-bond acceptors (Lipinski definition) is 3. The average Bonchev–Trinajstić information content (AvgIpc) is 2.27. The summed E-state index contributed by atoms with van der Waals surface area (Å²) in [6, 6.07) is 0. The van der Waals surface area contributed by atoms with Crippen molar-refractivity contribution >= 4 is 0 Å². The lowest BCUT2D eigenvalue weighted by Crippen LogP contribution is -2.31. The molecule has 1 aliphatic heterocycles. The third-order valence-corrected chi connectivity index (χ3v) is 3.32. The average molecular weight is 214 g/mol. The summed E-state index contributed by atoms with van der Waals surface area (Å²) < 4.78 is 5.36. The number of hydrogen-bond donors (Lipinski definition) is 1. The van der Waals surface area contributed by atoms with Crippen LogP contribution in [0.15, 0.2) is 0 Å². The van der Waals surface area contributed by atoms with E-state index < -0.39 is 0 Å². The molecule has 0 radical (unpaired) electrons. The number of nitrogens with two attached hydrogens (primary N) is 1. The van der Waals surface area contributed by atoms with E-state index in [-0.39, 0.29) is 0 Å². The Labute approximate surface area is 94.0 Å². The Balaban J connectivity index is 2.08. The fourth-order valence-electron chi connectivity index (χ4n) is 2.02. The van der Waals surface area contributed by atoms with Crippen molar-refractivity contribution in [2.45, 2.75) is 26.2 Å². The topological polar surface area (TPSA) is 38.5 Å². The molecule has 90 valence electrons. The number of ether oxygens (including phenoxy) is 1. The molecule has 0 amide bonds. The van der Waals surface area contributed by atoms with Gasteiger partial charge in [-0.05, 0) is 51.2 Å². The molecule has 1 saturated heterocycles. The summed E-state index contributed by atoms with van der Waals surface area (Å²) in [6.45, 7) is 7.35. The summed E-state index contributed by atoms with van der Waals surface area (Å²) in [5.74, 6) is 1.50. The highest BCUT2D eigenvalue weighted by Crippen LogP contribution is 2.15. The first-order valence-corrected chi connectivity index (χ1v) is 6.18. The molecule has 3 nitrogen and oxygen atoms in total. The van der Waals surface area contributed by atoms with Crippen molar-refractivity contribution in [3.05, 3.63) is 0 Å². The Hall–Kier alpha value is -0.120. The molecule has 1 fully saturated rings. The first-order valence-electron chi connectivity index (χ1n) is 6.18. The minimum absolute atomic E-state index is 0.655. The molecular formula is C12H26N2O. The van der Waals surface area contributed by atoms with Crippen molar-refractivity contribution in [1.82, 2.24) is 4.90 Å². The second kappa shape index (κ2) is 7.20. The van der Waals surface area contributed by atoms with Gasteiger partial charge in [0.25, 0.3) is 0 Å². The Bertz CT molecular complexity index is 158. The molecule has 0 aliphatic carbocycles. The van der Waals surface area contributed by atoms with Crippen LogP contribution < -0.4 is 5.73 Å². The van der Waals surface area contributed by atoms with Crippen LogP contribution in [0.2, 0.25) is 0 Å². The molecule has 0 aromatic rings. The van der Waals surface area contributed by atoms with Crippen molar-refractivity contribution in [3.63, 3.8) is 0 Å². The third kappa shape index (κ3) is 5.50. The normalized spacial score (nSPS) is 20.8. The van der Waals surface area contributed by atoms with Gasteiger partial charge in [-0.25, -0.2) is 0 Å². The van der Waals surface area contributed by atoms with Crippen LogP contribution in [0.1, 0.15) is 26.2 Å². The molecule has 0 saturated carbocycles. The largest absolute Gasteiger partial charge is 0.381 e. The molecule has 1 heterocycles. The van der Waals surface area contributed by atoms with E-state index in [1.54, 1.807) is 0 Å². The van der Waals surface area contributed by atoms with Crippen molar-refractivity contribution in [2.24, 2.45) is 17.6 Å². The predicted octanol–water partition coefficient (Wildman–Crippen LogP) is 1.33. The standard InChI is InChI=1S/C12H26N2O/c1-11(9-13)3-6-14(2)10-12-4-7-15-8-5-12/h11-12H,3-10,13H2,1-2H3. The van der Waals surface area contributed by atoms with Crippen LogP contribution in [-0.2, 0) is 4.74 Å². The lowest BCUT2D eigenvalue weighted by Gasteiger charge is -2.27. The SMILES string of the molecule is CC(CN)CCN(C)CC1CCOCC1. The van der Waals surface area contributed by atoms with Crippen molar-refractivity contribution < 1.29 is 4.74 Å². The van der Waals surface area contributed by atoms with Crippen LogP contribution in [-0.4, -0.2) is 44.8 Å². The van der Waals surface area contributed by atoms with Gasteiger partial charge in [0.15, 0.2) is 0 Å². The molecule has 1 atom stereocenters. The molecule has 0 spiro atoms. The first-order chi connectivity index (χ1) is 7.22. The van der Waals surface area contributed by atoms with Gasteiger partial charge in [-0.15, -0.1) is 0 Å². The number of nitrogens with zero attached hydrogens (tertiary/aromatic N) is 1. The summed E-state index contributed by atoms with van der Waals surface area (Å²) >= 11 is 0. The second-order valence-corrected chi connectivity index (χ2v) is 4.95. The maximum absolute atomic E-state index is 5.61. The summed E-state index contributed by atoms with van der Waals surface area (Å²) in [5.41, 5.74) is 5.61. The van der Waals surface area contributed by atoms with Gasteiger partial charge in [-0.3, -0.25) is 0 Å². The molecule has 1 unspecified atom stereocenters. The maximum atomic E-state index is 5.61. The highest BCUT2D eigenvalue weighted by atomic mass is 16.5. The Morgan fingerprint density at radius 3 is 2.67 bits per heavy atom. The van der Waals surface area contributed by atoms with Gasteiger partial charge in [0.05, 0.1) is 0 Å². The monoisotopic (exact) mass is 214 g/mol. The van der Waals surface area contributed by atoms with E-state index >= 15 is 0 Å². The van der Waals surface area contributed by atoms with E-state index in [1.807, 2.05) is 0 Å². The lowest BCUT2D eigenvalue weighted by atomic mass is 9.99. The summed E-state index contributed by atoms with van der Waals surface area (Å²) in [7, 11) is 2.22. The summed E-state index contributed by atoms with van der Waals surface area (Å²) in [4.78, 5) is 2.45. The first kappa shape index (κ1) is 12.9. The van der Waals surface area contributed by atoms with Crippen molar-refractivity contribution in [1.29, 1.82) is 0 Å². The summed E-state index contributed by atoms with van der Waals surface area (Å²) in [6.07, 6.45) is 3.68. The Morgan fingerprint density at radius 1 is 1.40 bits per heavy atom. The Kier molecular flexibility index (Phi) is 6.22. The zero-order valence-corrected chi connectivity index (χ0v) is 10.2. The van der Waals surface area contributed by atoms with Gasteiger partial charge in [-0.1, -0.05) is 6.92 Å². The van der Waals surface area contributed by atoms with Crippen LogP contribution in [0.3, 0.4) is 0 Å². The molecular weight excluding hydrogens is 188 g/mol. The fourth-order valence-corrected chi connectivity index (χ4v) is 2.02. The molecule has 15 heavy (non-hydrogen) atoms. The molecule has 0 bridgehead atoms. The predicted molar refractivity (Wildman–Crippen MR) is 63.9 cm³/mol. The highest BCUT2D eigenvalue weighted by molar-refractivity contribution is 4.68. The Morgan fingerprint density at radius 2 is 2.07 bits per heavy atom. The van der Waals surface area contributed by atoms with Crippen molar-refractivity contribution in [3.8, 4) is 0 Å². The smallest absolute Gasteiger partial charge is 0.0469 e. The van der Waals surface area contributed by atoms with Crippen molar-refractivity contribution in [2.75, 3.05) is 39.9 Å². The van der Waals surface area contributed by atoms with Gasteiger partial charge in [-0.2, -0.15) is 0 Å². The molecule has 0 aromatic heterocycles. The fraction of sp³-hybridized carbons (Fsp3) is 1.00. The van der Waals surface area contributed by atoms with E-state index in [2.05, 4.69) is 18.9 Å². The number of rotatable bonds is 6. The third-order valence-electron chi connectivity index (χ3n) is 3.32. The molecule has 1 aliphatic rings. The zero-order valence-electron chi connectivity index (χ0n) is 10.2. The zero-order chi connectivity index (χ0) is 11.1. The minimum Gasteiger partial charge on any atom is -0.381 e. The van der Waals surface area contributed by atoms with Gasteiger partial charge in [0.1, 0.15) is 0 Å². The molecule has 3 heteroatoms. The highest BCUT2D eigenvalue weighted by Gasteiger charge is 2.15. The van der Waals surface area contributed by atoms with Crippen LogP contribution in [0, 0.1) is 11.8 Å². The van der Waals surface area contributed by atoms with Crippen LogP contribution in [0.25, 0.3) is 0 Å². The molecule has 1 rings (SSSR count). The minimum atomic E-state index is 0.655. The summed E-state index contributed by atoms with van der Waals surface area (Å²) in [5, 5.41) is 0. The van der Waals surface area contributed by atoms with E-state index in [0.29, 0.717) is 5.92 Å². The van der Waals surface area contributed by atoms with E-state index in [9.17, 15) is 0 Å². The quantitative estimate of drug-likeness (QED) is 0.725. The van der Waals surface area contributed by atoms with Gasteiger partial charge < -0.3 is 15.4 Å².